The number of nitrogens with zero attached hydrogens (tertiary/aromatic N) is 3. The van der Waals surface area contributed by atoms with Gasteiger partial charge in [-0.15, -0.1) is 5.10 Å². The summed E-state index contributed by atoms with van der Waals surface area (Å²) in [6.07, 6.45) is 1.63. The molecular weight excluding hydrogens is 214 g/mol. The van der Waals surface area contributed by atoms with Crippen molar-refractivity contribution in [1.82, 2.24) is 15.5 Å². The van der Waals surface area contributed by atoms with Crippen molar-refractivity contribution < 1.29 is 0 Å². The van der Waals surface area contributed by atoms with Gasteiger partial charge in [0.05, 0.1) is 11.7 Å². The lowest BCUT2D eigenvalue weighted by Crippen LogP contribution is -2.51. The monoisotopic (exact) mass is 231 g/mol. The molecule has 90 valence electrons. The van der Waals surface area contributed by atoms with Crippen molar-refractivity contribution in [2.45, 2.75) is 32.7 Å². The summed E-state index contributed by atoms with van der Waals surface area (Å²) in [5, 5.41) is 24.1. The van der Waals surface area contributed by atoms with Crippen LogP contribution in [0.4, 0.5) is 5.82 Å². The van der Waals surface area contributed by atoms with Crippen molar-refractivity contribution in [3.05, 3.63) is 16.8 Å². The number of anilines is 1. The molecule has 2 N–H and O–H groups in total. The van der Waals surface area contributed by atoms with Crippen LogP contribution in [-0.4, -0.2) is 29.3 Å². The highest BCUT2D eigenvalue weighted by Gasteiger charge is 2.20. The zero-order valence-corrected chi connectivity index (χ0v) is 10.2. The largest absolute Gasteiger partial charge is 0.362 e. The van der Waals surface area contributed by atoms with Gasteiger partial charge < -0.3 is 10.6 Å². The second kappa shape index (κ2) is 5.11. The maximum absolute atomic E-state index is 9.28. The third-order valence-electron chi connectivity index (χ3n) is 3.08. The fourth-order valence-electron chi connectivity index (χ4n) is 1.98. The minimum atomic E-state index is 0.369. The molecule has 0 aromatic carbocycles. The zero-order valence-electron chi connectivity index (χ0n) is 10.2. The Hall–Kier alpha value is -1.67. The Morgan fingerprint density at radius 3 is 2.59 bits per heavy atom. The van der Waals surface area contributed by atoms with Gasteiger partial charge >= 0.3 is 0 Å². The number of hydrogen-bond acceptors (Lipinski definition) is 5. The first-order valence-electron chi connectivity index (χ1n) is 6.05. The summed E-state index contributed by atoms with van der Waals surface area (Å²) in [6.45, 7) is 5.92. The number of nitrogens with one attached hydrogen (secondary N) is 2. The van der Waals surface area contributed by atoms with E-state index in [4.69, 9.17) is 0 Å². The van der Waals surface area contributed by atoms with Crippen LogP contribution in [0.1, 0.15) is 30.7 Å². The molecule has 1 aliphatic heterocycles. The van der Waals surface area contributed by atoms with Gasteiger partial charge in [-0.2, -0.15) is 10.4 Å². The summed E-state index contributed by atoms with van der Waals surface area (Å²) in [7, 11) is 0. The number of rotatable bonds is 4. The number of hydrogen-bond donors (Lipinski definition) is 2. The minimum absolute atomic E-state index is 0.369. The van der Waals surface area contributed by atoms with Crippen molar-refractivity contribution in [2.24, 2.45) is 0 Å². The maximum Gasteiger partial charge on any atom is 0.167 e. The first-order chi connectivity index (χ1) is 8.30. The number of aromatic nitrogens is 2. The molecule has 1 aromatic rings. The van der Waals surface area contributed by atoms with E-state index >= 15 is 0 Å². The van der Waals surface area contributed by atoms with Crippen LogP contribution >= 0.6 is 0 Å². The molecule has 1 aromatic heterocycles. The molecule has 0 aliphatic carbocycles. The lowest BCUT2D eigenvalue weighted by Gasteiger charge is -2.28. The van der Waals surface area contributed by atoms with Crippen LogP contribution in [0.25, 0.3) is 0 Å². The predicted molar refractivity (Wildman–Crippen MR) is 65.8 cm³/mol. The van der Waals surface area contributed by atoms with E-state index in [1.54, 1.807) is 0 Å². The van der Waals surface area contributed by atoms with Gasteiger partial charge in [-0.1, -0.05) is 13.8 Å². The molecule has 0 bridgehead atoms. The summed E-state index contributed by atoms with van der Waals surface area (Å²) >= 11 is 0. The van der Waals surface area contributed by atoms with Crippen LogP contribution in [0.3, 0.4) is 0 Å². The molecule has 0 spiro atoms. The van der Waals surface area contributed by atoms with Crippen LogP contribution in [0.2, 0.25) is 0 Å². The SMILES string of the molecule is CCc1nnc(NC2CNC2)c(C#N)c1CC. The normalized spacial score (nSPS) is 15.1. The summed E-state index contributed by atoms with van der Waals surface area (Å²) in [5.74, 6) is 0.632. The maximum atomic E-state index is 9.28. The van der Waals surface area contributed by atoms with Crippen molar-refractivity contribution in [3.8, 4) is 6.07 Å². The molecule has 0 atom stereocenters. The molecule has 0 saturated carbocycles. The molecule has 1 saturated heterocycles. The Morgan fingerprint density at radius 2 is 2.12 bits per heavy atom. The molecule has 1 fully saturated rings. The minimum Gasteiger partial charge on any atom is -0.362 e. The Labute approximate surface area is 101 Å². The van der Waals surface area contributed by atoms with Crippen molar-refractivity contribution >= 4 is 5.82 Å². The van der Waals surface area contributed by atoms with E-state index in [9.17, 15) is 5.26 Å². The fraction of sp³-hybridized carbons (Fsp3) is 0.583. The number of aryl methyl sites for hydroxylation is 1. The topological polar surface area (TPSA) is 73.6 Å². The number of nitriles is 1. The van der Waals surface area contributed by atoms with Gasteiger partial charge in [0.15, 0.2) is 5.82 Å². The highest BCUT2D eigenvalue weighted by atomic mass is 15.2. The molecular formula is C12H17N5. The average Bonchev–Trinajstić information content (AvgIpc) is 2.32. The van der Waals surface area contributed by atoms with Gasteiger partial charge in [0.25, 0.3) is 0 Å². The Morgan fingerprint density at radius 1 is 1.35 bits per heavy atom. The van der Waals surface area contributed by atoms with E-state index in [2.05, 4.69) is 26.9 Å². The van der Waals surface area contributed by atoms with Crippen molar-refractivity contribution in [2.75, 3.05) is 18.4 Å². The quantitative estimate of drug-likeness (QED) is 0.804. The molecule has 0 amide bonds. The molecule has 5 heteroatoms. The van der Waals surface area contributed by atoms with Gasteiger partial charge in [-0.25, -0.2) is 0 Å². The third-order valence-corrected chi connectivity index (χ3v) is 3.08. The average molecular weight is 231 g/mol. The Bertz CT molecular complexity index is 445. The molecule has 5 nitrogen and oxygen atoms in total. The van der Waals surface area contributed by atoms with Crippen LogP contribution in [0.5, 0.6) is 0 Å². The van der Waals surface area contributed by atoms with Crippen LogP contribution in [-0.2, 0) is 12.8 Å². The summed E-state index contributed by atoms with van der Waals surface area (Å²) in [6, 6.07) is 2.63. The fourth-order valence-corrected chi connectivity index (χ4v) is 1.98. The smallest absolute Gasteiger partial charge is 0.167 e. The van der Waals surface area contributed by atoms with Crippen LogP contribution in [0.15, 0.2) is 0 Å². The summed E-state index contributed by atoms with van der Waals surface area (Å²) < 4.78 is 0. The second-order valence-corrected chi connectivity index (χ2v) is 4.17. The first-order valence-corrected chi connectivity index (χ1v) is 6.05. The molecule has 2 rings (SSSR count). The summed E-state index contributed by atoms with van der Waals surface area (Å²) in [5.41, 5.74) is 2.62. The standard InChI is InChI=1S/C12H17N5/c1-3-9-10(5-13)12(15-8-6-14-7-8)17-16-11(9)4-2/h8,14H,3-4,6-7H2,1-2H3,(H,15,17). The van der Waals surface area contributed by atoms with E-state index in [-0.39, 0.29) is 0 Å². The van der Waals surface area contributed by atoms with E-state index in [1.165, 1.54) is 0 Å². The van der Waals surface area contributed by atoms with Crippen molar-refractivity contribution in [3.63, 3.8) is 0 Å². The second-order valence-electron chi connectivity index (χ2n) is 4.17. The first kappa shape index (κ1) is 11.8. The predicted octanol–water partition coefficient (Wildman–Crippen LogP) is 0.857. The molecule has 17 heavy (non-hydrogen) atoms. The van der Waals surface area contributed by atoms with Crippen LogP contribution in [0, 0.1) is 11.3 Å². The van der Waals surface area contributed by atoms with Gasteiger partial charge in [0.1, 0.15) is 11.6 Å². The van der Waals surface area contributed by atoms with E-state index in [1.807, 2.05) is 13.8 Å². The molecule has 2 heterocycles. The third kappa shape index (κ3) is 2.22. The van der Waals surface area contributed by atoms with Crippen molar-refractivity contribution in [1.29, 1.82) is 5.26 Å². The van der Waals surface area contributed by atoms with E-state index in [0.717, 1.165) is 37.2 Å². The lowest BCUT2D eigenvalue weighted by atomic mass is 10.0. The van der Waals surface area contributed by atoms with Gasteiger partial charge in [-0.3, -0.25) is 0 Å². The van der Waals surface area contributed by atoms with Gasteiger partial charge in [-0.05, 0) is 18.4 Å². The zero-order chi connectivity index (χ0) is 12.3. The molecule has 0 radical (unpaired) electrons. The lowest BCUT2D eigenvalue weighted by molar-refractivity contribution is 0.470. The highest BCUT2D eigenvalue weighted by molar-refractivity contribution is 5.57. The van der Waals surface area contributed by atoms with Gasteiger partial charge in [0, 0.05) is 13.1 Å². The van der Waals surface area contributed by atoms with E-state index < -0.39 is 0 Å². The molecule has 1 aliphatic rings. The summed E-state index contributed by atoms with van der Waals surface area (Å²) in [4.78, 5) is 0. The van der Waals surface area contributed by atoms with Gasteiger partial charge in [0.2, 0.25) is 0 Å². The Kier molecular flexibility index (Phi) is 3.55. The van der Waals surface area contributed by atoms with E-state index in [0.29, 0.717) is 17.4 Å². The molecule has 0 unspecified atom stereocenters. The Balaban J connectivity index is 2.34. The van der Waals surface area contributed by atoms with Crippen LogP contribution < -0.4 is 10.6 Å². The highest BCUT2D eigenvalue weighted by Crippen LogP contribution is 2.20.